The van der Waals surface area contributed by atoms with E-state index >= 15 is 0 Å². The molecule has 0 aliphatic heterocycles. The molecule has 0 unspecified atom stereocenters. The van der Waals surface area contributed by atoms with Crippen molar-refractivity contribution in [3.8, 4) is 0 Å². The number of nitrogens with one attached hydrogen (secondary N) is 2. The molecule has 6 nitrogen and oxygen atoms in total. The van der Waals surface area contributed by atoms with E-state index in [4.69, 9.17) is 39.7 Å². The average Bonchev–Trinajstić information content (AvgIpc) is 2.90. The number of nitrogens with two attached hydrogens (primary N) is 2. The Kier molecular flexibility index (Phi) is 11.2. The van der Waals surface area contributed by atoms with Gasteiger partial charge in [-0.1, -0.05) is 24.3 Å². The van der Waals surface area contributed by atoms with Crippen LogP contribution in [0, 0.1) is 6.92 Å². The molecular formula is C29H38Cl2N6. The van der Waals surface area contributed by atoms with Gasteiger partial charge in [0.1, 0.15) is 0 Å². The second-order valence-corrected chi connectivity index (χ2v) is 9.70. The van der Waals surface area contributed by atoms with E-state index in [0.29, 0.717) is 30.6 Å². The summed E-state index contributed by atoms with van der Waals surface area (Å²) in [6.07, 6.45) is 1.50. The van der Waals surface area contributed by atoms with Crippen LogP contribution in [0.4, 0.5) is 28.4 Å². The van der Waals surface area contributed by atoms with Crippen molar-refractivity contribution in [2.75, 3.05) is 52.7 Å². The maximum atomic E-state index is 6.33. The lowest BCUT2D eigenvalue weighted by atomic mass is 10.1. The van der Waals surface area contributed by atoms with Crippen LogP contribution in [-0.2, 0) is 13.0 Å². The van der Waals surface area contributed by atoms with Crippen LogP contribution in [-0.4, -0.2) is 37.2 Å². The lowest BCUT2D eigenvalue weighted by Crippen LogP contribution is -2.27. The molecule has 0 bridgehead atoms. The Morgan fingerprint density at radius 3 is 2.30 bits per heavy atom. The van der Waals surface area contributed by atoms with Gasteiger partial charge in [-0.25, -0.2) is 4.99 Å². The quantitative estimate of drug-likeness (QED) is 0.0807. The third-order valence-electron chi connectivity index (χ3n) is 6.13. The van der Waals surface area contributed by atoms with E-state index in [9.17, 15) is 0 Å². The summed E-state index contributed by atoms with van der Waals surface area (Å²) in [6.45, 7) is 7.17. The summed E-state index contributed by atoms with van der Waals surface area (Å²) < 4.78 is 0. The normalized spacial score (nSPS) is 11.4. The van der Waals surface area contributed by atoms with Crippen molar-refractivity contribution in [3.63, 3.8) is 0 Å². The molecule has 0 saturated heterocycles. The van der Waals surface area contributed by atoms with Crippen LogP contribution < -0.4 is 27.0 Å². The molecule has 3 aromatic rings. The Bertz CT molecular complexity index is 1160. The Labute approximate surface area is 231 Å². The summed E-state index contributed by atoms with van der Waals surface area (Å²) in [6, 6.07) is 20.7. The molecule has 0 radical (unpaired) electrons. The van der Waals surface area contributed by atoms with Crippen LogP contribution in [0.3, 0.4) is 0 Å². The van der Waals surface area contributed by atoms with E-state index < -0.39 is 0 Å². The van der Waals surface area contributed by atoms with Crippen molar-refractivity contribution in [3.05, 3.63) is 77.4 Å². The van der Waals surface area contributed by atoms with Gasteiger partial charge < -0.3 is 27.0 Å². The fourth-order valence-electron chi connectivity index (χ4n) is 4.04. The summed E-state index contributed by atoms with van der Waals surface area (Å²) in [5.41, 5.74) is 20.6. The number of aryl methyl sites for hydroxylation is 2. The smallest absolute Gasteiger partial charge is 0.0999 e. The molecular weight excluding hydrogens is 503 g/mol. The van der Waals surface area contributed by atoms with Crippen molar-refractivity contribution in [1.29, 1.82) is 0 Å². The van der Waals surface area contributed by atoms with Crippen molar-refractivity contribution in [2.24, 2.45) is 10.7 Å². The maximum absolute atomic E-state index is 6.33. The molecule has 198 valence electrons. The van der Waals surface area contributed by atoms with Gasteiger partial charge in [-0.05, 0) is 73.4 Å². The van der Waals surface area contributed by atoms with Crippen molar-refractivity contribution in [2.45, 2.75) is 33.2 Å². The summed E-state index contributed by atoms with van der Waals surface area (Å²) in [7, 11) is 0. The molecule has 0 heterocycles. The highest BCUT2D eigenvalue weighted by atomic mass is 35.5. The molecule has 0 aliphatic rings. The molecule has 0 aromatic heterocycles. The standard InChI is InChI=1S/C29H38Cl2N6/c1-3-34-24-9-12-26(32)28(19-24)35-20-23-5-4-21(2)27(18-23)36-29(33)13-8-22-6-10-25(11-7-22)37(16-14-30)17-15-31/h4-7,9-12,18-19,34-35H,3,8,13-17,20,32H2,1-2H3,(H2,33,36). The van der Waals surface area contributed by atoms with Gasteiger partial charge in [-0.3, -0.25) is 0 Å². The number of anilines is 4. The Morgan fingerprint density at radius 2 is 1.62 bits per heavy atom. The molecule has 0 aliphatic carbocycles. The fraction of sp³-hybridized carbons (Fsp3) is 0.345. The number of rotatable bonds is 14. The molecule has 0 atom stereocenters. The van der Waals surface area contributed by atoms with Crippen molar-refractivity contribution < 1.29 is 0 Å². The molecule has 6 N–H and O–H groups in total. The highest BCUT2D eigenvalue weighted by molar-refractivity contribution is 6.18. The SMILES string of the molecule is CCNc1ccc(N)c(NCc2ccc(C)c(N=C(N)CCc3ccc(N(CCCl)CCCl)cc3)c2)c1. The number of hydrogen-bond acceptors (Lipinski definition) is 5. The number of nitrogen functional groups attached to an aromatic ring is 1. The lowest BCUT2D eigenvalue weighted by Gasteiger charge is -2.23. The predicted molar refractivity (Wildman–Crippen MR) is 163 cm³/mol. The Balaban J connectivity index is 1.61. The van der Waals surface area contributed by atoms with Crippen LogP contribution in [0.25, 0.3) is 0 Å². The second kappa shape index (κ2) is 14.6. The summed E-state index contributed by atoms with van der Waals surface area (Å²) in [5.74, 6) is 1.76. The fourth-order valence-corrected chi connectivity index (χ4v) is 4.44. The van der Waals surface area contributed by atoms with E-state index in [0.717, 1.165) is 65.6 Å². The third kappa shape index (κ3) is 8.76. The Hall–Kier alpha value is -3.09. The second-order valence-electron chi connectivity index (χ2n) is 8.94. The van der Waals surface area contributed by atoms with Crippen LogP contribution in [0.5, 0.6) is 0 Å². The first kappa shape index (κ1) is 28.5. The predicted octanol–water partition coefficient (Wildman–Crippen LogP) is 6.53. The van der Waals surface area contributed by atoms with Crippen molar-refractivity contribution >= 4 is 57.5 Å². The Morgan fingerprint density at radius 1 is 0.919 bits per heavy atom. The van der Waals surface area contributed by atoms with E-state index in [1.807, 2.05) is 25.1 Å². The van der Waals surface area contributed by atoms with Gasteiger partial charge in [0.05, 0.1) is 22.9 Å². The monoisotopic (exact) mass is 540 g/mol. The average molecular weight is 542 g/mol. The molecule has 3 aromatic carbocycles. The van der Waals surface area contributed by atoms with Crippen LogP contribution in [0.2, 0.25) is 0 Å². The summed E-state index contributed by atoms with van der Waals surface area (Å²) in [4.78, 5) is 6.93. The lowest BCUT2D eigenvalue weighted by molar-refractivity contribution is 0.873. The van der Waals surface area contributed by atoms with E-state index in [1.54, 1.807) is 0 Å². The number of amidine groups is 1. The van der Waals surface area contributed by atoms with Crippen molar-refractivity contribution in [1.82, 2.24) is 0 Å². The first-order valence-corrected chi connectivity index (χ1v) is 13.8. The largest absolute Gasteiger partial charge is 0.397 e. The number of aliphatic imine (C=N–C) groups is 1. The highest BCUT2D eigenvalue weighted by Crippen LogP contribution is 2.25. The van der Waals surface area contributed by atoms with Crippen LogP contribution >= 0.6 is 23.2 Å². The first-order valence-electron chi connectivity index (χ1n) is 12.7. The van der Waals surface area contributed by atoms with Gasteiger partial charge in [-0.2, -0.15) is 0 Å². The van der Waals surface area contributed by atoms with Gasteiger partial charge in [0.2, 0.25) is 0 Å². The number of halogens is 2. The van der Waals surface area contributed by atoms with E-state index in [2.05, 4.69) is 64.9 Å². The summed E-state index contributed by atoms with van der Waals surface area (Å²) in [5, 5.41) is 6.75. The number of hydrogen-bond donors (Lipinski definition) is 4. The number of alkyl halides is 2. The molecule has 0 amide bonds. The van der Waals surface area contributed by atoms with Gasteiger partial charge in [0.15, 0.2) is 0 Å². The molecule has 3 rings (SSSR count). The molecule has 0 saturated carbocycles. The maximum Gasteiger partial charge on any atom is 0.0999 e. The minimum atomic E-state index is 0.569. The first-order chi connectivity index (χ1) is 17.9. The van der Waals surface area contributed by atoms with Gasteiger partial charge in [0, 0.05) is 55.7 Å². The van der Waals surface area contributed by atoms with Crippen LogP contribution in [0.15, 0.2) is 65.7 Å². The van der Waals surface area contributed by atoms with E-state index in [-0.39, 0.29) is 0 Å². The minimum Gasteiger partial charge on any atom is -0.397 e. The molecule has 8 heteroatoms. The summed E-state index contributed by atoms with van der Waals surface area (Å²) >= 11 is 11.9. The zero-order chi connectivity index (χ0) is 26.6. The topological polar surface area (TPSA) is 91.7 Å². The highest BCUT2D eigenvalue weighted by Gasteiger charge is 2.07. The number of nitrogens with zero attached hydrogens (tertiary/aromatic N) is 2. The molecule has 37 heavy (non-hydrogen) atoms. The van der Waals surface area contributed by atoms with E-state index in [1.165, 1.54) is 5.56 Å². The van der Waals surface area contributed by atoms with Crippen LogP contribution in [0.1, 0.15) is 30.0 Å². The number of benzene rings is 3. The van der Waals surface area contributed by atoms with Gasteiger partial charge in [-0.15, -0.1) is 23.2 Å². The minimum absolute atomic E-state index is 0.569. The van der Waals surface area contributed by atoms with Gasteiger partial charge in [0.25, 0.3) is 0 Å². The molecule has 0 spiro atoms. The zero-order valence-corrected chi connectivity index (χ0v) is 23.2. The third-order valence-corrected chi connectivity index (χ3v) is 6.47. The molecule has 0 fully saturated rings. The van der Waals surface area contributed by atoms with Gasteiger partial charge >= 0.3 is 0 Å². The zero-order valence-electron chi connectivity index (χ0n) is 21.7.